The van der Waals surface area contributed by atoms with Crippen LogP contribution in [-0.4, -0.2) is 36.5 Å². The first-order valence-electron chi connectivity index (χ1n) is 10.8. The Morgan fingerprint density at radius 1 is 1.15 bits per heavy atom. The summed E-state index contributed by atoms with van der Waals surface area (Å²) in [6.45, 7) is 2.34. The Morgan fingerprint density at radius 2 is 2.00 bits per heavy atom. The Kier molecular flexibility index (Phi) is 5.68. The van der Waals surface area contributed by atoms with E-state index in [0.29, 0.717) is 36.8 Å². The molecular formula is C24H23ClN4O4. The summed E-state index contributed by atoms with van der Waals surface area (Å²) in [7, 11) is 0. The maximum Gasteiger partial charge on any atom is 0.269 e. The number of nitrogens with one attached hydrogen (secondary N) is 1. The van der Waals surface area contributed by atoms with Gasteiger partial charge in [-0.15, -0.1) is 0 Å². The number of anilines is 2. The molecule has 0 spiro atoms. The zero-order valence-corrected chi connectivity index (χ0v) is 18.6. The number of carbonyl (C=O) groups is 1. The van der Waals surface area contributed by atoms with Crippen LogP contribution in [-0.2, 0) is 17.8 Å². The Hall–Kier alpha value is -3.52. The van der Waals surface area contributed by atoms with Gasteiger partial charge in [0.15, 0.2) is 0 Å². The monoisotopic (exact) mass is 466 g/mol. The molecule has 2 aromatic carbocycles. The number of furan rings is 1. The third-order valence-electron chi connectivity index (χ3n) is 6.45. The fraction of sp³-hybridized carbons (Fsp3) is 0.292. The minimum atomic E-state index is -0.395. The van der Waals surface area contributed by atoms with Gasteiger partial charge in [-0.1, -0.05) is 23.7 Å². The molecule has 1 fully saturated rings. The van der Waals surface area contributed by atoms with Gasteiger partial charge in [-0.2, -0.15) is 0 Å². The summed E-state index contributed by atoms with van der Waals surface area (Å²) in [6.07, 6.45) is 2.00. The smallest absolute Gasteiger partial charge is 0.269 e. The van der Waals surface area contributed by atoms with Gasteiger partial charge in [0.1, 0.15) is 5.76 Å². The van der Waals surface area contributed by atoms with Crippen LogP contribution in [0.4, 0.5) is 17.1 Å². The van der Waals surface area contributed by atoms with Gasteiger partial charge in [0.2, 0.25) is 5.91 Å². The number of non-ortho nitro benzene ring substituents is 1. The minimum absolute atomic E-state index is 0.0386. The number of para-hydroxylation sites is 1. The molecule has 2 atom stereocenters. The lowest BCUT2D eigenvalue weighted by Crippen LogP contribution is -2.61. The topological polar surface area (TPSA) is 91.9 Å². The molecule has 0 aliphatic carbocycles. The van der Waals surface area contributed by atoms with Gasteiger partial charge in [-0.3, -0.25) is 14.9 Å². The lowest BCUT2D eigenvalue weighted by atomic mass is 9.83. The number of benzene rings is 2. The number of nitro groups is 1. The van der Waals surface area contributed by atoms with Crippen molar-refractivity contribution in [3.63, 3.8) is 0 Å². The molecule has 8 nitrogen and oxygen atoms in total. The Balaban J connectivity index is 1.46. The van der Waals surface area contributed by atoms with E-state index in [-0.39, 0.29) is 23.6 Å². The van der Waals surface area contributed by atoms with Gasteiger partial charge in [0.25, 0.3) is 5.69 Å². The first-order valence-corrected chi connectivity index (χ1v) is 11.2. The maximum absolute atomic E-state index is 13.3. The molecular weight excluding hydrogens is 444 g/mol. The van der Waals surface area contributed by atoms with Gasteiger partial charge in [-0.05, 0) is 42.3 Å². The zero-order valence-electron chi connectivity index (χ0n) is 17.8. The van der Waals surface area contributed by atoms with E-state index in [0.717, 1.165) is 23.5 Å². The summed E-state index contributed by atoms with van der Waals surface area (Å²) >= 11 is 6.46. The highest BCUT2D eigenvalue weighted by atomic mass is 35.5. The summed E-state index contributed by atoms with van der Waals surface area (Å²) in [6, 6.07) is 16.1. The molecule has 1 N–H and O–H groups in total. The van der Waals surface area contributed by atoms with Gasteiger partial charge >= 0.3 is 0 Å². The van der Waals surface area contributed by atoms with Crippen molar-refractivity contribution in [1.29, 1.82) is 0 Å². The van der Waals surface area contributed by atoms with Gasteiger partial charge in [-0.25, -0.2) is 0 Å². The van der Waals surface area contributed by atoms with Crippen molar-refractivity contribution < 1.29 is 14.1 Å². The zero-order chi connectivity index (χ0) is 22.9. The SMILES string of the molecule is O=C(NCc1ccco1)C1Cc2cc([N+](=O)[O-])ccc2N2CCN(c3ccccc3Cl)CC12. The van der Waals surface area contributed by atoms with E-state index in [9.17, 15) is 14.9 Å². The van der Waals surface area contributed by atoms with E-state index < -0.39 is 4.92 Å². The predicted molar refractivity (Wildman–Crippen MR) is 126 cm³/mol. The second-order valence-electron chi connectivity index (χ2n) is 8.34. The van der Waals surface area contributed by atoms with Crippen LogP contribution >= 0.6 is 11.6 Å². The lowest BCUT2D eigenvalue weighted by Gasteiger charge is -2.49. The summed E-state index contributed by atoms with van der Waals surface area (Å²) in [5.41, 5.74) is 2.77. The summed E-state index contributed by atoms with van der Waals surface area (Å²) in [4.78, 5) is 28.7. The van der Waals surface area contributed by atoms with Crippen molar-refractivity contribution in [2.24, 2.45) is 5.92 Å². The number of nitrogens with zero attached hydrogens (tertiary/aromatic N) is 3. The van der Waals surface area contributed by atoms with E-state index >= 15 is 0 Å². The molecule has 3 aromatic rings. The van der Waals surface area contributed by atoms with Crippen molar-refractivity contribution >= 4 is 34.6 Å². The van der Waals surface area contributed by atoms with Crippen LogP contribution < -0.4 is 15.1 Å². The number of carbonyl (C=O) groups excluding carboxylic acids is 1. The second-order valence-corrected chi connectivity index (χ2v) is 8.74. The van der Waals surface area contributed by atoms with Crippen molar-refractivity contribution in [3.05, 3.63) is 87.3 Å². The molecule has 33 heavy (non-hydrogen) atoms. The minimum Gasteiger partial charge on any atom is -0.467 e. The van der Waals surface area contributed by atoms with Crippen LogP contribution in [0.15, 0.2) is 65.3 Å². The highest BCUT2D eigenvalue weighted by Crippen LogP contribution is 2.39. The number of fused-ring (bicyclic) bond motifs is 3. The molecule has 5 rings (SSSR count). The molecule has 1 amide bonds. The van der Waals surface area contributed by atoms with Crippen LogP contribution in [0, 0.1) is 16.0 Å². The number of rotatable bonds is 5. The molecule has 0 saturated carbocycles. The quantitative estimate of drug-likeness (QED) is 0.451. The fourth-order valence-corrected chi connectivity index (χ4v) is 5.12. The van der Waals surface area contributed by atoms with Crippen molar-refractivity contribution in [2.75, 3.05) is 29.4 Å². The highest BCUT2D eigenvalue weighted by molar-refractivity contribution is 6.33. The highest BCUT2D eigenvalue weighted by Gasteiger charge is 2.42. The molecule has 1 aromatic heterocycles. The summed E-state index contributed by atoms with van der Waals surface area (Å²) < 4.78 is 5.34. The normalized spacial score (nSPS) is 19.5. The van der Waals surface area contributed by atoms with Crippen molar-refractivity contribution in [3.8, 4) is 0 Å². The molecule has 1 saturated heterocycles. The second kappa shape index (κ2) is 8.78. The number of amides is 1. The number of hydrogen-bond acceptors (Lipinski definition) is 6. The number of piperazine rings is 1. The van der Waals surface area contributed by atoms with E-state index in [1.165, 1.54) is 6.07 Å². The van der Waals surface area contributed by atoms with Crippen molar-refractivity contribution in [1.82, 2.24) is 5.32 Å². The largest absolute Gasteiger partial charge is 0.467 e. The molecule has 2 aliphatic rings. The summed E-state index contributed by atoms with van der Waals surface area (Å²) in [5.74, 6) is 0.202. The van der Waals surface area contributed by atoms with E-state index in [1.54, 1.807) is 18.4 Å². The Labute approximate surface area is 195 Å². The van der Waals surface area contributed by atoms with Crippen molar-refractivity contribution in [2.45, 2.75) is 19.0 Å². The molecule has 0 bridgehead atoms. The fourth-order valence-electron chi connectivity index (χ4n) is 4.87. The van der Waals surface area contributed by atoms with E-state index in [2.05, 4.69) is 15.1 Å². The Morgan fingerprint density at radius 3 is 2.76 bits per heavy atom. The average molecular weight is 467 g/mol. The third-order valence-corrected chi connectivity index (χ3v) is 6.77. The molecule has 0 radical (unpaired) electrons. The predicted octanol–water partition coefficient (Wildman–Crippen LogP) is 4.03. The van der Waals surface area contributed by atoms with Gasteiger partial charge < -0.3 is 19.5 Å². The van der Waals surface area contributed by atoms with Crippen LogP contribution in [0.5, 0.6) is 0 Å². The first-order chi connectivity index (χ1) is 16.0. The third kappa shape index (κ3) is 4.14. The standard InChI is InChI=1S/C24H23ClN4O4/c25-20-5-1-2-6-22(20)27-9-10-28-21-8-7-17(29(31)32)12-16(21)13-19(23(28)15-27)24(30)26-14-18-4-3-11-33-18/h1-8,11-12,19,23H,9-10,13-15H2,(H,26,30). The molecule has 3 heterocycles. The molecule has 9 heteroatoms. The van der Waals surface area contributed by atoms with Gasteiger partial charge in [0.05, 0.1) is 40.4 Å². The molecule has 170 valence electrons. The van der Waals surface area contributed by atoms with Gasteiger partial charge in [0, 0.05) is 37.5 Å². The number of nitro benzene ring substituents is 1. The maximum atomic E-state index is 13.3. The first kappa shape index (κ1) is 21.3. The number of halogens is 1. The lowest BCUT2D eigenvalue weighted by molar-refractivity contribution is -0.384. The van der Waals surface area contributed by atoms with E-state index in [1.807, 2.05) is 36.4 Å². The summed E-state index contributed by atoms with van der Waals surface area (Å²) in [5, 5.41) is 15.0. The van der Waals surface area contributed by atoms with Crippen LogP contribution in [0.25, 0.3) is 0 Å². The van der Waals surface area contributed by atoms with Crippen LogP contribution in [0.3, 0.4) is 0 Å². The molecule has 2 unspecified atom stereocenters. The molecule has 2 aliphatic heterocycles. The average Bonchev–Trinajstić information content (AvgIpc) is 3.35. The van der Waals surface area contributed by atoms with Crippen LogP contribution in [0.1, 0.15) is 11.3 Å². The number of hydrogen-bond donors (Lipinski definition) is 1. The Bertz CT molecular complexity index is 1180. The van der Waals surface area contributed by atoms with E-state index in [4.69, 9.17) is 16.0 Å². The van der Waals surface area contributed by atoms with Crippen LogP contribution in [0.2, 0.25) is 5.02 Å².